The van der Waals surface area contributed by atoms with E-state index in [0.29, 0.717) is 26.7 Å². The van der Waals surface area contributed by atoms with Crippen LogP contribution < -0.4 is 16.2 Å². The summed E-state index contributed by atoms with van der Waals surface area (Å²) in [5, 5.41) is 6.71. The quantitative estimate of drug-likeness (QED) is 0.436. The van der Waals surface area contributed by atoms with Gasteiger partial charge in [-0.05, 0) is 57.5 Å². The largest absolute Gasteiger partial charge is 0.326 e. The lowest BCUT2D eigenvalue weighted by Crippen LogP contribution is -2.25. The summed E-state index contributed by atoms with van der Waals surface area (Å²) < 4.78 is 1.65. The van der Waals surface area contributed by atoms with Crippen LogP contribution in [0.1, 0.15) is 37.3 Å². The Kier molecular flexibility index (Phi) is 6.62. The number of benzene rings is 1. The van der Waals surface area contributed by atoms with Crippen LogP contribution in [-0.4, -0.2) is 27.1 Å². The first-order chi connectivity index (χ1) is 14.2. The summed E-state index contributed by atoms with van der Waals surface area (Å²) in [4.78, 5) is 43.0. The molecule has 0 aliphatic carbocycles. The van der Waals surface area contributed by atoms with Gasteiger partial charge in [-0.2, -0.15) is 0 Å². The van der Waals surface area contributed by atoms with Crippen LogP contribution in [-0.2, 0) is 9.59 Å². The standard InChI is InChI=1S/C21H24N4O3S2/c1-11(2)25-20(28)18-12(3)13(4)30-19(18)24-21(25)29-10-17(27)23-16-8-6-15(7-9-16)22-14(5)26/h6-9,11H,10H2,1-5H3,(H,22,26)(H,23,27). The van der Waals surface area contributed by atoms with Gasteiger partial charge in [0, 0.05) is 29.2 Å². The number of aromatic nitrogens is 2. The zero-order chi connectivity index (χ0) is 22.0. The van der Waals surface area contributed by atoms with Gasteiger partial charge in [-0.25, -0.2) is 4.98 Å². The Morgan fingerprint density at radius 1 is 1.13 bits per heavy atom. The molecule has 0 saturated heterocycles. The van der Waals surface area contributed by atoms with E-state index in [4.69, 9.17) is 0 Å². The first-order valence-corrected chi connectivity index (χ1v) is 11.3. The molecule has 0 fully saturated rings. The number of anilines is 2. The van der Waals surface area contributed by atoms with Crippen molar-refractivity contribution in [3.63, 3.8) is 0 Å². The Bertz CT molecular complexity index is 1160. The van der Waals surface area contributed by atoms with Crippen molar-refractivity contribution in [2.75, 3.05) is 16.4 Å². The van der Waals surface area contributed by atoms with Crippen molar-refractivity contribution in [1.82, 2.24) is 9.55 Å². The molecule has 1 aromatic carbocycles. The minimum absolute atomic E-state index is 0.0617. The van der Waals surface area contributed by atoms with E-state index in [9.17, 15) is 14.4 Å². The number of carbonyl (C=O) groups is 2. The highest BCUT2D eigenvalue weighted by Gasteiger charge is 2.19. The van der Waals surface area contributed by atoms with Gasteiger partial charge >= 0.3 is 0 Å². The highest BCUT2D eigenvalue weighted by atomic mass is 32.2. The van der Waals surface area contributed by atoms with E-state index < -0.39 is 0 Å². The molecule has 0 atom stereocenters. The molecule has 0 radical (unpaired) electrons. The molecule has 2 amide bonds. The summed E-state index contributed by atoms with van der Waals surface area (Å²) >= 11 is 2.75. The fourth-order valence-electron chi connectivity index (χ4n) is 3.01. The molecule has 0 saturated carbocycles. The second kappa shape index (κ2) is 9.01. The minimum atomic E-state index is -0.199. The average molecular weight is 445 g/mol. The fraction of sp³-hybridized carbons (Fsp3) is 0.333. The Morgan fingerprint density at radius 3 is 2.30 bits per heavy atom. The number of hydrogen-bond acceptors (Lipinski definition) is 6. The molecule has 2 N–H and O–H groups in total. The van der Waals surface area contributed by atoms with Crippen molar-refractivity contribution in [2.24, 2.45) is 0 Å². The number of amides is 2. The lowest BCUT2D eigenvalue weighted by atomic mass is 10.2. The van der Waals surface area contributed by atoms with Crippen LogP contribution in [0.2, 0.25) is 0 Å². The molecular formula is C21H24N4O3S2. The maximum absolute atomic E-state index is 13.1. The zero-order valence-electron chi connectivity index (χ0n) is 17.5. The van der Waals surface area contributed by atoms with Crippen molar-refractivity contribution >= 4 is 56.5 Å². The van der Waals surface area contributed by atoms with Crippen LogP contribution in [0.3, 0.4) is 0 Å². The van der Waals surface area contributed by atoms with Crippen LogP contribution in [0.5, 0.6) is 0 Å². The summed E-state index contributed by atoms with van der Waals surface area (Å²) in [5.41, 5.74) is 2.20. The minimum Gasteiger partial charge on any atom is -0.326 e. The van der Waals surface area contributed by atoms with Gasteiger partial charge in [-0.15, -0.1) is 11.3 Å². The predicted octanol–water partition coefficient (Wildman–Crippen LogP) is 4.34. The molecule has 0 spiro atoms. The number of thioether (sulfide) groups is 1. The lowest BCUT2D eigenvalue weighted by Gasteiger charge is -2.15. The van der Waals surface area contributed by atoms with Crippen molar-refractivity contribution < 1.29 is 9.59 Å². The number of aryl methyl sites for hydroxylation is 2. The van der Waals surface area contributed by atoms with E-state index in [0.717, 1.165) is 10.4 Å². The van der Waals surface area contributed by atoms with Crippen LogP contribution >= 0.6 is 23.1 Å². The number of thiophene rings is 1. The summed E-state index contributed by atoms with van der Waals surface area (Å²) in [7, 11) is 0. The Morgan fingerprint density at radius 2 is 1.73 bits per heavy atom. The van der Waals surface area contributed by atoms with Gasteiger partial charge in [-0.1, -0.05) is 11.8 Å². The Labute approximate surface area is 182 Å². The van der Waals surface area contributed by atoms with Crippen LogP contribution in [0.25, 0.3) is 10.2 Å². The maximum Gasteiger partial charge on any atom is 0.263 e. The van der Waals surface area contributed by atoms with Crippen LogP contribution in [0.4, 0.5) is 11.4 Å². The molecule has 3 aromatic rings. The number of hydrogen-bond donors (Lipinski definition) is 2. The highest BCUT2D eigenvalue weighted by molar-refractivity contribution is 7.99. The van der Waals surface area contributed by atoms with E-state index in [1.165, 1.54) is 30.0 Å². The molecule has 158 valence electrons. The number of carbonyl (C=O) groups excluding carboxylic acids is 2. The highest BCUT2D eigenvalue weighted by Crippen LogP contribution is 2.29. The van der Waals surface area contributed by atoms with Crippen LogP contribution in [0.15, 0.2) is 34.2 Å². The van der Waals surface area contributed by atoms with E-state index in [1.807, 2.05) is 27.7 Å². The average Bonchev–Trinajstić information content (AvgIpc) is 2.95. The van der Waals surface area contributed by atoms with Crippen molar-refractivity contribution in [3.05, 3.63) is 45.1 Å². The predicted molar refractivity (Wildman–Crippen MR) is 124 cm³/mol. The number of nitrogens with one attached hydrogen (secondary N) is 2. The summed E-state index contributed by atoms with van der Waals surface area (Å²) in [6.45, 7) is 9.24. The maximum atomic E-state index is 13.1. The van der Waals surface area contributed by atoms with Gasteiger partial charge in [0.15, 0.2) is 5.16 Å². The topological polar surface area (TPSA) is 93.1 Å². The molecule has 2 aromatic heterocycles. The summed E-state index contributed by atoms with van der Waals surface area (Å²) in [6, 6.07) is 6.81. The first kappa shape index (κ1) is 22.0. The monoisotopic (exact) mass is 444 g/mol. The SMILES string of the molecule is CC(=O)Nc1ccc(NC(=O)CSc2nc3sc(C)c(C)c3c(=O)n2C(C)C)cc1. The van der Waals surface area contributed by atoms with E-state index in [2.05, 4.69) is 15.6 Å². The molecule has 9 heteroatoms. The molecule has 0 bridgehead atoms. The van der Waals surface area contributed by atoms with E-state index >= 15 is 0 Å². The summed E-state index contributed by atoms with van der Waals surface area (Å²) in [6.07, 6.45) is 0. The molecular weight excluding hydrogens is 420 g/mol. The second-order valence-corrected chi connectivity index (χ2v) is 9.37. The van der Waals surface area contributed by atoms with E-state index in [1.54, 1.807) is 28.8 Å². The smallest absolute Gasteiger partial charge is 0.263 e. The zero-order valence-corrected chi connectivity index (χ0v) is 19.2. The van der Waals surface area contributed by atoms with Crippen LogP contribution in [0, 0.1) is 13.8 Å². The van der Waals surface area contributed by atoms with Gasteiger partial charge in [0.25, 0.3) is 5.56 Å². The lowest BCUT2D eigenvalue weighted by molar-refractivity contribution is -0.114. The van der Waals surface area contributed by atoms with Crippen molar-refractivity contribution in [3.8, 4) is 0 Å². The third-order valence-electron chi connectivity index (χ3n) is 4.54. The first-order valence-electron chi connectivity index (χ1n) is 9.50. The molecule has 0 unspecified atom stereocenters. The molecule has 3 rings (SSSR count). The summed E-state index contributed by atoms with van der Waals surface area (Å²) in [5.74, 6) is -0.225. The molecule has 30 heavy (non-hydrogen) atoms. The van der Waals surface area contributed by atoms with Gasteiger partial charge in [0.2, 0.25) is 11.8 Å². The number of fused-ring (bicyclic) bond motifs is 1. The molecule has 7 nitrogen and oxygen atoms in total. The van der Waals surface area contributed by atoms with Gasteiger partial charge < -0.3 is 10.6 Å². The third-order valence-corrected chi connectivity index (χ3v) is 6.59. The molecule has 0 aliphatic rings. The normalized spacial score (nSPS) is 11.1. The molecule has 2 heterocycles. The van der Waals surface area contributed by atoms with Crippen molar-refractivity contribution in [2.45, 2.75) is 45.8 Å². The molecule has 0 aliphatic heterocycles. The number of rotatable bonds is 6. The van der Waals surface area contributed by atoms with Gasteiger partial charge in [0.05, 0.1) is 11.1 Å². The van der Waals surface area contributed by atoms with E-state index in [-0.39, 0.29) is 29.2 Å². The number of nitrogens with zero attached hydrogens (tertiary/aromatic N) is 2. The Balaban J connectivity index is 1.76. The van der Waals surface area contributed by atoms with Gasteiger partial charge in [-0.3, -0.25) is 19.0 Å². The Hall–Kier alpha value is -2.65. The van der Waals surface area contributed by atoms with Crippen molar-refractivity contribution in [1.29, 1.82) is 0 Å². The third kappa shape index (κ3) is 4.73. The second-order valence-electron chi connectivity index (χ2n) is 7.22. The van der Waals surface area contributed by atoms with Gasteiger partial charge in [0.1, 0.15) is 4.83 Å². The fourth-order valence-corrected chi connectivity index (χ4v) is 5.01.